The molecule has 1 N–H and O–H groups in total. The molecule has 0 aromatic carbocycles. The van der Waals surface area contributed by atoms with E-state index in [2.05, 4.69) is 5.32 Å². The van der Waals surface area contributed by atoms with Crippen LogP contribution in [0.25, 0.3) is 0 Å². The summed E-state index contributed by atoms with van der Waals surface area (Å²) in [5.74, 6) is 4.50. The summed E-state index contributed by atoms with van der Waals surface area (Å²) in [6.07, 6.45) is 7.69. The zero-order valence-corrected chi connectivity index (χ0v) is 10.2. The lowest BCUT2D eigenvalue weighted by atomic mass is 9.51. The maximum Gasteiger partial charge on any atom is 0.137 e. The highest BCUT2D eigenvalue weighted by molar-refractivity contribution is 5.82. The Morgan fingerprint density at radius 3 is 2.12 bits per heavy atom. The summed E-state index contributed by atoms with van der Waals surface area (Å²) in [7, 11) is 1.93. The summed E-state index contributed by atoms with van der Waals surface area (Å²) in [5.41, 5.74) is 0. The first-order valence-corrected chi connectivity index (χ1v) is 6.95. The first kappa shape index (κ1) is 10.8. The number of Topliss-reactive ketones (excluding diaryl/α,β-unsaturated/α-hetero) is 1. The fourth-order valence-electron chi connectivity index (χ4n) is 4.87. The minimum atomic E-state index is 0.446. The van der Waals surface area contributed by atoms with Crippen molar-refractivity contribution in [3.05, 3.63) is 0 Å². The van der Waals surface area contributed by atoms with E-state index in [1.807, 2.05) is 7.05 Å². The molecule has 4 aliphatic carbocycles. The summed E-state index contributed by atoms with van der Waals surface area (Å²) in [5, 5.41) is 3.10. The molecule has 0 spiro atoms. The van der Waals surface area contributed by atoms with Gasteiger partial charge in [0, 0.05) is 18.9 Å². The van der Waals surface area contributed by atoms with Gasteiger partial charge in [-0.05, 0) is 62.8 Å². The van der Waals surface area contributed by atoms with E-state index in [0.717, 1.165) is 36.6 Å². The van der Waals surface area contributed by atoms with Crippen molar-refractivity contribution in [3.8, 4) is 0 Å². The average Bonchev–Trinajstić information content (AvgIpc) is 2.24. The molecule has 4 bridgehead atoms. The Kier molecular flexibility index (Phi) is 2.78. The zero-order chi connectivity index (χ0) is 11.1. The quantitative estimate of drug-likeness (QED) is 0.789. The van der Waals surface area contributed by atoms with Gasteiger partial charge >= 0.3 is 0 Å². The Hall–Kier alpha value is -0.370. The predicted octanol–water partition coefficient (Wildman–Crippen LogP) is 2.24. The minimum absolute atomic E-state index is 0.446. The topological polar surface area (TPSA) is 29.1 Å². The zero-order valence-electron chi connectivity index (χ0n) is 10.2. The molecule has 0 radical (unpaired) electrons. The Morgan fingerprint density at radius 2 is 1.62 bits per heavy atom. The van der Waals surface area contributed by atoms with Gasteiger partial charge in [0.05, 0.1) is 0 Å². The van der Waals surface area contributed by atoms with Crippen molar-refractivity contribution in [1.82, 2.24) is 5.32 Å². The molecule has 90 valence electrons. The van der Waals surface area contributed by atoms with E-state index in [0.29, 0.717) is 11.7 Å². The van der Waals surface area contributed by atoms with Crippen molar-refractivity contribution in [1.29, 1.82) is 0 Å². The second kappa shape index (κ2) is 4.14. The molecule has 4 saturated carbocycles. The van der Waals surface area contributed by atoms with Crippen LogP contribution < -0.4 is 5.32 Å². The number of hydrogen-bond acceptors (Lipinski definition) is 2. The van der Waals surface area contributed by atoms with Gasteiger partial charge in [0.25, 0.3) is 0 Å². The van der Waals surface area contributed by atoms with Gasteiger partial charge in [-0.2, -0.15) is 0 Å². The Labute approximate surface area is 98.2 Å². The fraction of sp³-hybridized carbons (Fsp3) is 0.929. The van der Waals surface area contributed by atoms with Crippen molar-refractivity contribution in [2.45, 2.75) is 38.5 Å². The molecule has 0 aromatic heterocycles. The minimum Gasteiger partial charge on any atom is -0.319 e. The van der Waals surface area contributed by atoms with E-state index in [-0.39, 0.29) is 0 Å². The highest BCUT2D eigenvalue weighted by Gasteiger charge is 2.50. The Balaban J connectivity index is 1.69. The van der Waals surface area contributed by atoms with E-state index in [1.54, 1.807) is 0 Å². The third kappa shape index (κ3) is 1.71. The summed E-state index contributed by atoms with van der Waals surface area (Å²) < 4.78 is 0. The number of ketones is 1. The lowest BCUT2D eigenvalue weighted by molar-refractivity contribution is -0.135. The SMILES string of the molecule is CNCCC(=O)C1C2CC3CC(C2)CC1C3. The highest BCUT2D eigenvalue weighted by Crippen LogP contribution is 2.56. The smallest absolute Gasteiger partial charge is 0.137 e. The Morgan fingerprint density at radius 1 is 1.06 bits per heavy atom. The van der Waals surface area contributed by atoms with Crippen LogP contribution in [0.4, 0.5) is 0 Å². The molecule has 0 aromatic rings. The summed E-state index contributed by atoms with van der Waals surface area (Å²) in [6, 6.07) is 0. The lowest BCUT2D eigenvalue weighted by Gasteiger charge is -2.53. The maximum atomic E-state index is 12.3. The lowest BCUT2D eigenvalue weighted by Crippen LogP contribution is -2.48. The molecule has 0 aliphatic heterocycles. The number of carbonyl (C=O) groups excluding carboxylic acids is 1. The van der Waals surface area contributed by atoms with Crippen LogP contribution in [0.15, 0.2) is 0 Å². The van der Waals surface area contributed by atoms with Crippen molar-refractivity contribution in [2.24, 2.45) is 29.6 Å². The fourth-order valence-corrected chi connectivity index (χ4v) is 4.87. The van der Waals surface area contributed by atoms with E-state index >= 15 is 0 Å². The summed E-state index contributed by atoms with van der Waals surface area (Å²) in [6.45, 7) is 0.863. The number of carbonyl (C=O) groups is 1. The van der Waals surface area contributed by atoms with E-state index in [4.69, 9.17) is 0 Å². The normalized spacial score (nSPS) is 44.9. The molecule has 0 amide bonds. The Bertz CT molecular complexity index is 258. The predicted molar refractivity (Wildman–Crippen MR) is 64.1 cm³/mol. The maximum absolute atomic E-state index is 12.3. The van der Waals surface area contributed by atoms with Gasteiger partial charge in [-0.1, -0.05) is 0 Å². The highest BCUT2D eigenvalue weighted by atomic mass is 16.1. The van der Waals surface area contributed by atoms with Crippen molar-refractivity contribution >= 4 is 5.78 Å². The molecular weight excluding hydrogens is 198 g/mol. The van der Waals surface area contributed by atoms with E-state index in [1.165, 1.54) is 32.1 Å². The molecule has 16 heavy (non-hydrogen) atoms. The molecule has 2 heteroatoms. The van der Waals surface area contributed by atoms with Gasteiger partial charge in [-0.25, -0.2) is 0 Å². The van der Waals surface area contributed by atoms with Crippen LogP contribution in [0.3, 0.4) is 0 Å². The molecule has 0 unspecified atom stereocenters. The molecule has 2 nitrogen and oxygen atoms in total. The average molecular weight is 221 g/mol. The number of nitrogens with one attached hydrogen (secondary N) is 1. The van der Waals surface area contributed by atoms with Crippen LogP contribution in [-0.2, 0) is 4.79 Å². The van der Waals surface area contributed by atoms with Crippen molar-refractivity contribution in [2.75, 3.05) is 13.6 Å². The van der Waals surface area contributed by atoms with E-state index < -0.39 is 0 Å². The molecule has 4 rings (SSSR count). The van der Waals surface area contributed by atoms with Gasteiger partial charge in [0.1, 0.15) is 5.78 Å². The monoisotopic (exact) mass is 221 g/mol. The molecule has 0 heterocycles. The van der Waals surface area contributed by atoms with Crippen LogP contribution in [-0.4, -0.2) is 19.4 Å². The standard InChI is InChI=1S/C14H23NO/c1-15-3-2-13(16)14-11-5-9-4-10(7-11)8-12(14)6-9/h9-12,14-15H,2-8H2,1H3. The van der Waals surface area contributed by atoms with Gasteiger partial charge in [0.2, 0.25) is 0 Å². The van der Waals surface area contributed by atoms with Gasteiger partial charge in [-0.3, -0.25) is 4.79 Å². The van der Waals surface area contributed by atoms with Crippen LogP contribution in [0.5, 0.6) is 0 Å². The third-order valence-corrected chi connectivity index (χ3v) is 5.22. The van der Waals surface area contributed by atoms with Gasteiger partial charge < -0.3 is 5.32 Å². The first-order valence-electron chi connectivity index (χ1n) is 6.95. The van der Waals surface area contributed by atoms with Gasteiger partial charge in [0.15, 0.2) is 0 Å². The molecular formula is C14H23NO. The van der Waals surface area contributed by atoms with Crippen LogP contribution in [0.2, 0.25) is 0 Å². The van der Waals surface area contributed by atoms with Crippen LogP contribution >= 0.6 is 0 Å². The molecule has 4 fully saturated rings. The third-order valence-electron chi connectivity index (χ3n) is 5.22. The molecule has 4 aliphatic rings. The van der Waals surface area contributed by atoms with Crippen molar-refractivity contribution in [3.63, 3.8) is 0 Å². The van der Waals surface area contributed by atoms with Gasteiger partial charge in [-0.15, -0.1) is 0 Å². The number of rotatable bonds is 4. The largest absolute Gasteiger partial charge is 0.319 e. The summed E-state index contributed by atoms with van der Waals surface area (Å²) in [4.78, 5) is 12.3. The van der Waals surface area contributed by atoms with Crippen molar-refractivity contribution < 1.29 is 4.79 Å². The molecule has 0 saturated heterocycles. The second-order valence-electron chi connectivity index (χ2n) is 6.28. The second-order valence-corrected chi connectivity index (χ2v) is 6.28. The molecule has 0 atom stereocenters. The van der Waals surface area contributed by atoms with E-state index in [9.17, 15) is 4.79 Å². The first-order chi connectivity index (χ1) is 7.78. The summed E-state index contributed by atoms with van der Waals surface area (Å²) >= 11 is 0. The van der Waals surface area contributed by atoms with Crippen LogP contribution in [0.1, 0.15) is 38.5 Å². The number of hydrogen-bond donors (Lipinski definition) is 1. The van der Waals surface area contributed by atoms with Crippen LogP contribution in [0, 0.1) is 29.6 Å².